The van der Waals surface area contributed by atoms with Gasteiger partial charge in [-0.3, -0.25) is 4.79 Å². The molecular weight excluding hydrogens is 324 g/mol. The number of fused-ring (bicyclic) bond motifs is 1. The maximum absolute atomic E-state index is 12.8. The molecule has 2 aliphatic rings. The van der Waals surface area contributed by atoms with Crippen molar-refractivity contribution in [3.63, 3.8) is 0 Å². The number of carbonyl (C=O) groups excluding carboxylic acids is 3. The van der Waals surface area contributed by atoms with Gasteiger partial charge in [-0.25, -0.2) is 9.59 Å². The molecule has 134 valence electrons. The number of cyclic esters (lactones) is 1. The molecule has 0 aromatic heterocycles. The number of amides is 2. The van der Waals surface area contributed by atoms with Crippen molar-refractivity contribution in [1.82, 2.24) is 10.2 Å². The minimum absolute atomic E-state index is 0.150. The van der Waals surface area contributed by atoms with Crippen LogP contribution >= 0.6 is 0 Å². The Labute approximate surface area is 146 Å². The summed E-state index contributed by atoms with van der Waals surface area (Å²) in [5.74, 6) is -0.670. The standard InChI is InChI=1S/C18H22N2O5/c1-2-24-18(23)19-13-7-5-9-20(11-13)16(21)15-10-12-6-3-4-8-14(12)17(22)25-15/h3-4,6,8,13,15H,2,5,7,9-11H2,1H3,(H,19,23). The summed E-state index contributed by atoms with van der Waals surface area (Å²) in [6.45, 7) is 3.03. The molecule has 2 heterocycles. The molecule has 3 rings (SSSR count). The SMILES string of the molecule is CCOC(=O)NC1CCCN(C(=O)C2Cc3ccccc3C(=O)O2)C1. The number of rotatable bonds is 3. The first-order valence-electron chi connectivity index (χ1n) is 8.59. The van der Waals surface area contributed by atoms with Crippen LogP contribution in [0.3, 0.4) is 0 Å². The van der Waals surface area contributed by atoms with Gasteiger partial charge in [0.1, 0.15) is 0 Å². The zero-order valence-electron chi connectivity index (χ0n) is 14.2. The average molecular weight is 346 g/mol. The topological polar surface area (TPSA) is 84.9 Å². The highest BCUT2D eigenvalue weighted by Gasteiger charge is 2.35. The fourth-order valence-corrected chi connectivity index (χ4v) is 3.31. The normalized spacial score (nSPS) is 22.6. The molecule has 2 atom stereocenters. The molecule has 7 heteroatoms. The Hall–Kier alpha value is -2.57. The van der Waals surface area contributed by atoms with E-state index in [1.165, 1.54) is 0 Å². The first-order valence-corrected chi connectivity index (χ1v) is 8.59. The molecule has 1 saturated heterocycles. The molecule has 25 heavy (non-hydrogen) atoms. The van der Waals surface area contributed by atoms with Gasteiger partial charge < -0.3 is 19.7 Å². The van der Waals surface area contributed by atoms with E-state index in [1.807, 2.05) is 12.1 Å². The number of nitrogens with one attached hydrogen (secondary N) is 1. The Kier molecular flexibility index (Phi) is 5.21. The van der Waals surface area contributed by atoms with Gasteiger partial charge in [0.2, 0.25) is 0 Å². The molecule has 0 aliphatic carbocycles. The van der Waals surface area contributed by atoms with E-state index in [0.29, 0.717) is 31.7 Å². The van der Waals surface area contributed by atoms with Crippen LogP contribution in [0.4, 0.5) is 4.79 Å². The number of alkyl carbamates (subject to hydrolysis) is 1. The molecule has 2 aliphatic heterocycles. The molecule has 0 bridgehead atoms. The van der Waals surface area contributed by atoms with Gasteiger partial charge in [0.15, 0.2) is 6.10 Å². The minimum atomic E-state index is -0.802. The molecule has 0 radical (unpaired) electrons. The van der Waals surface area contributed by atoms with Crippen LogP contribution in [-0.2, 0) is 20.7 Å². The van der Waals surface area contributed by atoms with Crippen LogP contribution in [0.15, 0.2) is 24.3 Å². The number of nitrogens with zero attached hydrogens (tertiary/aromatic N) is 1. The van der Waals surface area contributed by atoms with Crippen molar-refractivity contribution in [1.29, 1.82) is 0 Å². The zero-order chi connectivity index (χ0) is 17.8. The first kappa shape index (κ1) is 17.3. The molecule has 7 nitrogen and oxygen atoms in total. The lowest BCUT2D eigenvalue weighted by Crippen LogP contribution is -2.53. The summed E-state index contributed by atoms with van der Waals surface area (Å²) in [6.07, 6.45) is 0.673. The van der Waals surface area contributed by atoms with Crippen molar-refractivity contribution >= 4 is 18.0 Å². The van der Waals surface area contributed by atoms with Gasteiger partial charge in [-0.15, -0.1) is 0 Å². The number of hydrogen-bond acceptors (Lipinski definition) is 5. The van der Waals surface area contributed by atoms with E-state index >= 15 is 0 Å². The number of esters is 1. The van der Waals surface area contributed by atoms with Crippen molar-refractivity contribution in [3.05, 3.63) is 35.4 Å². The lowest BCUT2D eigenvalue weighted by molar-refractivity contribution is -0.142. The second-order valence-electron chi connectivity index (χ2n) is 6.24. The summed E-state index contributed by atoms with van der Waals surface area (Å²) in [4.78, 5) is 38.1. The quantitative estimate of drug-likeness (QED) is 0.839. The Morgan fingerprint density at radius 3 is 2.96 bits per heavy atom. The molecular formula is C18H22N2O5. The predicted molar refractivity (Wildman–Crippen MR) is 89.1 cm³/mol. The van der Waals surface area contributed by atoms with Crippen LogP contribution in [-0.4, -0.2) is 54.7 Å². The number of piperidine rings is 1. The monoisotopic (exact) mass is 346 g/mol. The highest BCUT2D eigenvalue weighted by Crippen LogP contribution is 2.23. The number of ether oxygens (including phenoxy) is 2. The van der Waals surface area contributed by atoms with Gasteiger partial charge >= 0.3 is 12.1 Å². The van der Waals surface area contributed by atoms with Crippen LogP contribution in [0.5, 0.6) is 0 Å². The lowest BCUT2D eigenvalue weighted by Gasteiger charge is -2.35. The smallest absolute Gasteiger partial charge is 0.407 e. The van der Waals surface area contributed by atoms with Crippen molar-refractivity contribution < 1.29 is 23.9 Å². The Morgan fingerprint density at radius 1 is 1.36 bits per heavy atom. The van der Waals surface area contributed by atoms with Gasteiger partial charge in [0, 0.05) is 25.6 Å². The van der Waals surface area contributed by atoms with Crippen LogP contribution in [0, 0.1) is 0 Å². The third-order valence-electron chi connectivity index (χ3n) is 4.50. The minimum Gasteiger partial charge on any atom is -0.450 e. The molecule has 1 aromatic carbocycles. The van der Waals surface area contributed by atoms with Crippen LogP contribution < -0.4 is 5.32 Å². The zero-order valence-corrected chi connectivity index (χ0v) is 14.2. The fourth-order valence-electron chi connectivity index (χ4n) is 3.31. The van der Waals surface area contributed by atoms with Crippen molar-refractivity contribution in [2.24, 2.45) is 0 Å². The maximum Gasteiger partial charge on any atom is 0.407 e. The second kappa shape index (κ2) is 7.55. The van der Waals surface area contributed by atoms with Gasteiger partial charge in [0.05, 0.1) is 12.2 Å². The van der Waals surface area contributed by atoms with Gasteiger partial charge in [-0.05, 0) is 31.4 Å². The Bertz CT molecular complexity index is 675. The third kappa shape index (κ3) is 3.92. The largest absolute Gasteiger partial charge is 0.450 e. The molecule has 0 saturated carbocycles. The van der Waals surface area contributed by atoms with E-state index in [-0.39, 0.29) is 11.9 Å². The molecule has 0 spiro atoms. The summed E-state index contributed by atoms with van der Waals surface area (Å²) >= 11 is 0. The van der Waals surface area contributed by atoms with Crippen LogP contribution in [0.1, 0.15) is 35.7 Å². The van der Waals surface area contributed by atoms with Crippen molar-refractivity contribution in [2.75, 3.05) is 19.7 Å². The highest BCUT2D eigenvalue weighted by molar-refractivity contribution is 5.95. The van der Waals surface area contributed by atoms with Crippen LogP contribution in [0.25, 0.3) is 0 Å². The molecule has 1 N–H and O–H groups in total. The van der Waals surface area contributed by atoms with Crippen molar-refractivity contribution in [3.8, 4) is 0 Å². The number of carbonyl (C=O) groups is 3. The summed E-state index contributed by atoms with van der Waals surface area (Å²) in [5.41, 5.74) is 1.35. The van der Waals surface area contributed by atoms with E-state index in [0.717, 1.165) is 18.4 Å². The molecule has 2 amide bonds. The van der Waals surface area contributed by atoms with E-state index in [4.69, 9.17) is 9.47 Å². The Balaban J connectivity index is 1.63. The van der Waals surface area contributed by atoms with Gasteiger partial charge in [0.25, 0.3) is 5.91 Å². The molecule has 1 aromatic rings. The average Bonchev–Trinajstić information content (AvgIpc) is 2.61. The lowest BCUT2D eigenvalue weighted by atomic mass is 9.97. The summed E-state index contributed by atoms with van der Waals surface area (Å²) in [6, 6.07) is 7.02. The first-order chi connectivity index (χ1) is 12.1. The summed E-state index contributed by atoms with van der Waals surface area (Å²) < 4.78 is 10.2. The number of hydrogen-bond donors (Lipinski definition) is 1. The fraction of sp³-hybridized carbons (Fsp3) is 0.500. The van der Waals surface area contributed by atoms with E-state index in [2.05, 4.69) is 5.32 Å². The highest BCUT2D eigenvalue weighted by atomic mass is 16.6. The van der Waals surface area contributed by atoms with E-state index in [1.54, 1.807) is 24.0 Å². The van der Waals surface area contributed by atoms with Crippen molar-refractivity contribution in [2.45, 2.75) is 38.3 Å². The predicted octanol–water partition coefficient (Wildman–Crippen LogP) is 1.51. The second-order valence-corrected chi connectivity index (χ2v) is 6.24. The van der Waals surface area contributed by atoms with E-state index < -0.39 is 18.2 Å². The third-order valence-corrected chi connectivity index (χ3v) is 4.50. The number of benzene rings is 1. The molecule has 2 unspecified atom stereocenters. The summed E-state index contributed by atoms with van der Waals surface area (Å²) in [7, 11) is 0. The number of likely N-dealkylation sites (tertiary alicyclic amines) is 1. The van der Waals surface area contributed by atoms with Gasteiger partial charge in [-0.1, -0.05) is 18.2 Å². The van der Waals surface area contributed by atoms with Crippen LogP contribution in [0.2, 0.25) is 0 Å². The van der Waals surface area contributed by atoms with E-state index in [9.17, 15) is 14.4 Å². The molecule has 1 fully saturated rings. The summed E-state index contributed by atoms with van der Waals surface area (Å²) in [5, 5.41) is 2.77. The Morgan fingerprint density at radius 2 is 2.16 bits per heavy atom. The maximum atomic E-state index is 12.8. The van der Waals surface area contributed by atoms with Gasteiger partial charge in [-0.2, -0.15) is 0 Å².